The highest BCUT2D eigenvalue weighted by atomic mass is 32.2. The van der Waals surface area contributed by atoms with Gasteiger partial charge in [0.2, 0.25) is 0 Å². The Hall–Kier alpha value is -0.920. The Morgan fingerprint density at radius 1 is 1.40 bits per heavy atom. The van der Waals surface area contributed by atoms with Crippen LogP contribution in [0.25, 0.3) is 0 Å². The van der Waals surface area contributed by atoms with Crippen LogP contribution >= 0.6 is 0 Å². The van der Waals surface area contributed by atoms with Crippen molar-refractivity contribution in [2.24, 2.45) is 5.41 Å². The van der Waals surface area contributed by atoms with E-state index in [4.69, 9.17) is 0 Å². The van der Waals surface area contributed by atoms with E-state index in [1.807, 2.05) is 0 Å². The summed E-state index contributed by atoms with van der Waals surface area (Å²) >= 11 is 0. The van der Waals surface area contributed by atoms with E-state index in [-0.39, 0.29) is 17.7 Å². The number of aryl methyl sites for hydroxylation is 1. The van der Waals surface area contributed by atoms with Gasteiger partial charge in [0.1, 0.15) is 0 Å². The minimum Gasteiger partial charge on any atom is -0.392 e. The highest BCUT2D eigenvalue weighted by Crippen LogP contribution is 2.35. The zero-order chi connectivity index (χ0) is 15.0. The molecular weight excluding hydrogens is 278 g/mol. The number of hydrogen-bond acceptors (Lipinski definition) is 4. The van der Waals surface area contributed by atoms with Crippen LogP contribution in [0, 0.1) is 12.3 Å². The lowest BCUT2D eigenvalue weighted by Gasteiger charge is -2.34. The minimum atomic E-state index is -3.67. The van der Waals surface area contributed by atoms with Gasteiger partial charge in [0.15, 0.2) is 5.03 Å². The number of aliphatic hydroxyl groups excluding tert-OH is 1. The van der Waals surface area contributed by atoms with E-state index in [0.29, 0.717) is 16.7 Å². The predicted octanol–water partition coefficient (Wildman–Crippen LogP) is 1.46. The molecule has 0 saturated heterocycles. The molecule has 6 nitrogen and oxygen atoms in total. The molecule has 0 aliphatic heterocycles. The summed E-state index contributed by atoms with van der Waals surface area (Å²) in [5.74, 6) is 0. The molecule has 1 aliphatic carbocycles. The van der Waals surface area contributed by atoms with Crippen molar-refractivity contribution in [3.8, 4) is 0 Å². The van der Waals surface area contributed by atoms with E-state index in [0.717, 1.165) is 25.7 Å². The number of nitrogens with zero attached hydrogens (tertiary/aromatic N) is 1. The Bertz CT molecular complexity index is 568. The molecule has 1 aromatic rings. The number of rotatable bonds is 4. The first-order valence-electron chi connectivity index (χ1n) is 6.92. The van der Waals surface area contributed by atoms with Gasteiger partial charge in [-0.25, -0.2) is 13.1 Å². The smallest absolute Gasteiger partial charge is 0.260 e. The zero-order valence-corrected chi connectivity index (χ0v) is 13.0. The Kier molecular flexibility index (Phi) is 4.22. The van der Waals surface area contributed by atoms with Gasteiger partial charge < -0.3 is 5.11 Å². The standard InChI is InChI=1S/C13H23N3O3S/c1-9-11(8-17)12(15-14-9)20(18,19)16-10-4-6-13(2,3)7-5-10/h10,16-17H,4-8H2,1-3H3,(H,14,15). The molecule has 0 bridgehead atoms. The maximum Gasteiger partial charge on any atom is 0.260 e. The quantitative estimate of drug-likeness (QED) is 0.784. The number of aromatic nitrogens is 2. The Labute approximate surface area is 120 Å². The molecule has 1 aliphatic rings. The summed E-state index contributed by atoms with van der Waals surface area (Å²) in [6.07, 6.45) is 3.69. The molecule has 0 amide bonds. The van der Waals surface area contributed by atoms with Gasteiger partial charge >= 0.3 is 0 Å². The zero-order valence-electron chi connectivity index (χ0n) is 12.2. The topological polar surface area (TPSA) is 95.1 Å². The summed E-state index contributed by atoms with van der Waals surface area (Å²) < 4.78 is 27.4. The molecule has 1 heterocycles. The summed E-state index contributed by atoms with van der Waals surface area (Å²) in [6, 6.07) is -0.0448. The van der Waals surface area contributed by atoms with E-state index in [1.165, 1.54) is 0 Å². The third-order valence-electron chi connectivity index (χ3n) is 4.11. The van der Waals surface area contributed by atoms with Crippen LogP contribution in [0.15, 0.2) is 5.03 Å². The summed E-state index contributed by atoms with van der Waals surface area (Å²) in [5, 5.41) is 15.6. The van der Waals surface area contributed by atoms with E-state index >= 15 is 0 Å². The first-order chi connectivity index (χ1) is 9.25. The van der Waals surface area contributed by atoms with Crippen LogP contribution < -0.4 is 4.72 Å². The normalized spacial score (nSPS) is 20.2. The van der Waals surface area contributed by atoms with Crippen LogP contribution in [0.5, 0.6) is 0 Å². The largest absolute Gasteiger partial charge is 0.392 e. The Morgan fingerprint density at radius 2 is 2.00 bits per heavy atom. The van der Waals surface area contributed by atoms with Crippen molar-refractivity contribution in [1.29, 1.82) is 0 Å². The molecule has 0 radical (unpaired) electrons. The lowest BCUT2D eigenvalue weighted by Crippen LogP contribution is -2.39. The first-order valence-corrected chi connectivity index (χ1v) is 8.40. The van der Waals surface area contributed by atoms with Gasteiger partial charge in [-0.2, -0.15) is 5.10 Å². The van der Waals surface area contributed by atoms with Crippen LogP contribution in [0.3, 0.4) is 0 Å². The van der Waals surface area contributed by atoms with Crippen LogP contribution in [-0.4, -0.2) is 29.8 Å². The molecule has 0 aromatic carbocycles. The molecule has 20 heavy (non-hydrogen) atoms. The van der Waals surface area contributed by atoms with Gasteiger partial charge in [0.05, 0.1) is 6.61 Å². The third-order valence-corrected chi connectivity index (χ3v) is 5.60. The maximum absolute atomic E-state index is 12.4. The number of H-pyrrole nitrogens is 1. The van der Waals surface area contributed by atoms with Gasteiger partial charge in [-0.15, -0.1) is 0 Å². The Balaban J connectivity index is 2.12. The third kappa shape index (κ3) is 3.21. The van der Waals surface area contributed by atoms with Crippen molar-refractivity contribution in [1.82, 2.24) is 14.9 Å². The van der Waals surface area contributed by atoms with Crippen LogP contribution in [0.1, 0.15) is 50.8 Å². The monoisotopic (exact) mass is 301 g/mol. The Morgan fingerprint density at radius 3 is 2.55 bits per heavy atom. The molecule has 114 valence electrons. The van der Waals surface area contributed by atoms with Crippen molar-refractivity contribution in [3.05, 3.63) is 11.3 Å². The fourth-order valence-corrected chi connectivity index (χ4v) is 4.12. The highest BCUT2D eigenvalue weighted by molar-refractivity contribution is 7.89. The number of aromatic amines is 1. The fraction of sp³-hybridized carbons (Fsp3) is 0.769. The highest BCUT2D eigenvalue weighted by Gasteiger charge is 2.31. The lowest BCUT2D eigenvalue weighted by atomic mass is 9.76. The van der Waals surface area contributed by atoms with E-state index in [2.05, 4.69) is 28.8 Å². The minimum absolute atomic E-state index is 0.0448. The number of hydrogen-bond donors (Lipinski definition) is 3. The molecule has 1 fully saturated rings. The van der Waals surface area contributed by atoms with Crippen LogP contribution in [-0.2, 0) is 16.6 Å². The summed E-state index contributed by atoms with van der Waals surface area (Å²) in [4.78, 5) is 0. The average Bonchev–Trinajstić information content (AvgIpc) is 2.74. The van der Waals surface area contributed by atoms with E-state index in [9.17, 15) is 13.5 Å². The summed E-state index contributed by atoms with van der Waals surface area (Å²) in [7, 11) is -3.67. The molecule has 1 aromatic heterocycles. The van der Waals surface area contributed by atoms with Gasteiger partial charge in [0.25, 0.3) is 10.0 Å². The SMILES string of the molecule is Cc1[nH]nc(S(=O)(=O)NC2CCC(C)(C)CC2)c1CO. The maximum atomic E-state index is 12.4. The van der Waals surface area contributed by atoms with Crippen molar-refractivity contribution < 1.29 is 13.5 Å². The molecule has 2 rings (SSSR count). The number of nitrogens with one attached hydrogen (secondary N) is 2. The second-order valence-corrected chi connectivity index (χ2v) is 7.98. The van der Waals surface area contributed by atoms with Gasteiger partial charge in [-0.1, -0.05) is 13.8 Å². The van der Waals surface area contributed by atoms with Gasteiger partial charge in [-0.05, 0) is 38.0 Å². The molecule has 3 N–H and O–H groups in total. The second kappa shape index (κ2) is 5.46. The van der Waals surface area contributed by atoms with Crippen molar-refractivity contribution in [3.63, 3.8) is 0 Å². The predicted molar refractivity (Wildman–Crippen MR) is 75.6 cm³/mol. The van der Waals surface area contributed by atoms with Crippen LogP contribution in [0.2, 0.25) is 0 Å². The average molecular weight is 301 g/mol. The van der Waals surface area contributed by atoms with Gasteiger partial charge in [-0.3, -0.25) is 5.10 Å². The molecule has 0 atom stereocenters. The lowest BCUT2D eigenvalue weighted by molar-refractivity contribution is 0.218. The van der Waals surface area contributed by atoms with E-state index in [1.54, 1.807) is 6.92 Å². The van der Waals surface area contributed by atoms with Gasteiger partial charge in [0, 0.05) is 17.3 Å². The second-order valence-electron chi connectivity index (χ2n) is 6.35. The van der Waals surface area contributed by atoms with Crippen molar-refractivity contribution in [2.75, 3.05) is 0 Å². The number of sulfonamides is 1. The molecular formula is C13H23N3O3S. The fourth-order valence-electron chi connectivity index (χ4n) is 2.63. The molecule has 7 heteroatoms. The molecule has 1 saturated carbocycles. The summed E-state index contributed by atoms with van der Waals surface area (Å²) in [6.45, 7) is 5.77. The first kappa shape index (κ1) is 15.5. The summed E-state index contributed by atoms with van der Waals surface area (Å²) in [5.41, 5.74) is 1.22. The van der Waals surface area contributed by atoms with Crippen LogP contribution in [0.4, 0.5) is 0 Å². The molecule has 0 spiro atoms. The molecule has 0 unspecified atom stereocenters. The van der Waals surface area contributed by atoms with E-state index < -0.39 is 10.0 Å². The van der Waals surface area contributed by atoms with Crippen molar-refractivity contribution in [2.45, 2.75) is 64.1 Å². The van der Waals surface area contributed by atoms with Crippen molar-refractivity contribution >= 4 is 10.0 Å². The number of aliphatic hydroxyl groups is 1.